The van der Waals surface area contributed by atoms with Gasteiger partial charge in [0, 0.05) is 23.7 Å². The molecule has 0 amide bonds. The minimum Gasteiger partial charge on any atom is -0.462 e. The van der Waals surface area contributed by atoms with E-state index in [4.69, 9.17) is 21.1 Å². The molecule has 1 fully saturated rings. The van der Waals surface area contributed by atoms with Gasteiger partial charge in [-0.1, -0.05) is 23.7 Å². The lowest BCUT2D eigenvalue weighted by Crippen LogP contribution is -2.35. The number of carbonyl (C=O) groups is 1. The van der Waals surface area contributed by atoms with Crippen LogP contribution in [0.5, 0.6) is 0 Å². The van der Waals surface area contributed by atoms with Crippen LogP contribution in [0.4, 0.5) is 5.00 Å². The van der Waals surface area contributed by atoms with Crippen LogP contribution in [0.3, 0.4) is 0 Å². The van der Waals surface area contributed by atoms with Crippen molar-refractivity contribution in [3.63, 3.8) is 0 Å². The fourth-order valence-electron chi connectivity index (χ4n) is 2.52. The van der Waals surface area contributed by atoms with Gasteiger partial charge in [0.15, 0.2) is 0 Å². The van der Waals surface area contributed by atoms with Crippen LogP contribution in [-0.4, -0.2) is 38.9 Å². The molecule has 0 unspecified atom stereocenters. The molecular formula is C17H18ClNO3S. The summed E-state index contributed by atoms with van der Waals surface area (Å²) in [6, 6.07) is 9.59. The van der Waals surface area contributed by atoms with Crippen LogP contribution in [0.2, 0.25) is 5.02 Å². The van der Waals surface area contributed by atoms with E-state index in [1.165, 1.54) is 11.3 Å². The van der Waals surface area contributed by atoms with Crippen molar-refractivity contribution in [1.29, 1.82) is 0 Å². The minimum atomic E-state index is -0.271. The first kappa shape index (κ1) is 16.3. The van der Waals surface area contributed by atoms with Crippen LogP contribution in [0.1, 0.15) is 16.6 Å². The molecule has 0 bridgehead atoms. The summed E-state index contributed by atoms with van der Waals surface area (Å²) in [5.74, 6) is -0.271. The summed E-state index contributed by atoms with van der Waals surface area (Å²) in [5, 5.41) is 1.78. The van der Waals surface area contributed by atoms with E-state index in [0.717, 1.165) is 29.2 Å². The number of halogens is 1. The second kappa shape index (κ2) is 7.34. The molecule has 2 aromatic rings. The van der Waals surface area contributed by atoms with Crippen molar-refractivity contribution in [3.05, 3.63) is 40.2 Å². The Balaban J connectivity index is 2.00. The van der Waals surface area contributed by atoms with Gasteiger partial charge in [0.25, 0.3) is 0 Å². The van der Waals surface area contributed by atoms with Gasteiger partial charge < -0.3 is 14.4 Å². The number of nitrogens with zero attached hydrogens (tertiary/aromatic N) is 1. The first-order valence-corrected chi connectivity index (χ1v) is 8.78. The van der Waals surface area contributed by atoms with Crippen LogP contribution in [0.25, 0.3) is 11.1 Å². The van der Waals surface area contributed by atoms with Crippen molar-refractivity contribution in [2.75, 3.05) is 37.8 Å². The number of esters is 1. The fourth-order valence-corrected chi connectivity index (χ4v) is 3.77. The summed E-state index contributed by atoms with van der Waals surface area (Å²) in [6.07, 6.45) is 0. The molecule has 1 aliphatic rings. The number of thiophene rings is 1. The zero-order valence-electron chi connectivity index (χ0n) is 12.9. The highest BCUT2D eigenvalue weighted by atomic mass is 35.5. The molecule has 0 N–H and O–H groups in total. The minimum absolute atomic E-state index is 0.271. The number of anilines is 1. The molecule has 23 heavy (non-hydrogen) atoms. The highest BCUT2D eigenvalue weighted by Gasteiger charge is 2.22. The van der Waals surface area contributed by atoms with Gasteiger partial charge in [-0.05, 0) is 30.7 Å². The molecule has 0 atom stereocenters. The number of benzene rings is 1. The van der Waals surface area contributed by atoms with Gasteiger partial charge in [0.05, 0.1) is 24.8 Å². The van der Waals surface area contributed by atoms with Crippen LogP contribution < -0.4 is 4.90 Å². The lowest BCUT2D eigenvalue weighted by atomic mass is 10.1. The smallest absolute Gasteiger partial charge is 0.348 e. The molecule has 1 aromatic heterocycles. The van der Waals surface area contributed by atoms with Crippen LogP contribution in [0, 0.1) is 0 Å². The fraction of sp³-hybridized carbons (Fsp3) is 0.353. The standard InChI is InChI=1S/C17H18ClNO3S/c1-2-22-17(20)15-11-14(12-3-5-13(18)6-4-12)16(23-15)19-7-9-21-10-8-19/h3-6,11H,2,7-10H2,1H3. The zero-order valence-corrected chi connectivity index (χ0v) is 14.5. The topological polar surface area (TPSA) is 38.8 Å². The molecule has 0 spiro atoms. The molecular weight excluding hydrogens is 334 g/mol. The van der Waals surface area contributed by atoms with E-state index in [0.29, 0.717) is 29.7 Å². The Labute approximate surface area is 144 Å². The highest BCUT2D eigenvalue weighted by molar-refractivity contribution is 7.18. The van der Waals surface area contributed by atoms with Gasteiger partial charge in [0.1, 0.15) is 4.88 Å². The van der Waals surface area contributed by atoms with Crippen molar-refractivity contribution in [2.45, 2.75) is 6.92 Å². The normalized spacial score (nSPS) is 14.8. The molecule has 3 rings (SSSR count). The van der Waals surface area contributed by atoms with E-state index in [-0.39, 0.29) is 5.97 Å². The summed E-state index contributed by atoms with van der Waals surface area (Å²) in [6.45, 7) is 5.24. The number of hydrogen-bond donors (Lipinski definition) is 0. The van der Waals surface area contributed by atoms with Crippen molar-refractivity contribution >= 4 is 33.9 Å². The molecule has 1 aromatic carbocycles. The highest BCUT2D eigenvalue weighted by Crippen LogP contribution is 2.40. The van der Waals surface area contributed by atoms with Gasteiger partial charge >= 0.3 is 5.97 Å². The van der Waals surface area contributed by atoms with E-state index in [1.54, 1.807) is 0 Å². The number of carbonyl (C=O) groups excluding carboxylic acids is 1. The number of morpholine rings is 1. The number of hydrogen-bond acceptors (Lipinski definition) is 5. The van der Waals surface area contributed by atoms with E-state index >= 15 is 0 Å². The lowest BCUT2D eigenvalue weighted by molar-refractivity contribution is 0.0532. The maximum atomic E-state index is 12.1. The maximum absolute atomic E-state index is 12.1. The van der Waals surface area contributed by atoms with Crippen molar-refractivity contribution < 1.29 is 14.3 Å². The molecule has 6 heteroatoms. The predicted molar refractivity (Wildman–Crippen MR) is 93.8 cm³/mol. The average molecular weight is 352 g/mol. The summed E-state index contributed by atoms with van der Waals surface area (Å²) in [5.41, 5.74) is 2.08. The predicted octanol–water partition coefficient (Wildman–Crippen LogP) is 4.08. The van der Waals surface area contributed by atoms with Gasteiger partial charge in [-0.3, -0.25) is 0 Å². The molecule has 0 saturated carbocycles. The van der Waals surface area contributed by atoms with Crippen LogP contribution in [0.15, 0.2) is 30.3 Å². The third kappa shape index (κ3) is 3.68. The number of rotatable bonds is 4. The Kier molecular flexibility index (Phi) is 5.20. The van der Waals surface area contributed by atoms with Crippen LogP contribution in [-0.2, 0) is 9.47 Å². The van der Waals surface area contributed by atoms with E-state index in [9.17, 15) is 4.79 Å². The molecule has 122 valence electrons. The third-order valence-electron chi connectivity index (χ3n) is 3.64. The van der Waals surface area contributed by atoms with E-state index in [2.05, 4.69) is 4.90 Å². The first-order chi connectivity index (χ1) is 11.2. The van der Waals surface area contributed by atoms with Crippen molar-refractivity contribution in [2.24, 2.45) is 0 Å². The van der Waals surface area contributed by atoms with Gasteiger partial charge in [-0.25, -0.2) is 4.79 Å². The quantitative estimate of drug-likeness (QED) is 0.778. The second-order valence-corrected chi connectivity index (χ2v) is 6.62. The molecule has 0 radical (unpaired) electrons. The van der Waals surface area contributed by atoms with Crippen LogP contribution >= 0.6 is 22.9 Å². The van der Waals surface area contributed by atoms with E-state index < -0.39 is 0 Å². The molecule has 2 heterocycles. The summed E-state index contributed by atoms with van der Waals surface area (Å²) < 4.78 is 10.6. The average Bonchev–Trinajstić information content (AvgIpc) is 3.02. The van der Waals surface area contributed by atoms with Gasteiger partial charge in [-0.15, -0.1) is 11.3 Å². The maximum Gasteiger partial charge on any atom is 0.348 e. The summed E-state index contributed by atoms with van der Waals surface area (Å²) >= 11 is 7.46. The lowest BCUT2D eigenvalue weighted by Gasteiger charge is -2.28. The summed E-state index contributed by atoms with van der Waals surface area (Å²) in [4.78, 5) is 15.0. The Bertz CT molecular complexity index is 678. The Morgan fingerprint density at radius 1 is 1.30 bits per heavy atom. The Hall–Kier alpha value is -1.56. The van der Waals surface area contributed by atoms with Crippen molar-refractivity contribution in [3.8, 4) is 11.1 Å². The van der Waals surface area contributed by atoms with Gasteiger partial charge in [0.2, 0.25) is 0 Å². The largest absolute Gasteiger partial charge is 0.462 e. The molecule has 1 aliphatic heterocycles. The Morgan fingerprint density at radius 3 is 2.65 bits per heavy atom. The second-order valence-electron chi connectivity index (χ2n) is 5.16. The SMILES string of the molecule is CCOC(=O)c1cc(-c2ccc(Cl)cc2)c(N2CCOCC2)s1. The zero-order chi connectivity index (χ0) is 16.2. The molecule has 4 nitrogen and oxygen atoms in total. The third-order valence-corrected chi connectivity index (χ3v) is 5.07. The number of ether oxygens (including phenoxy) is 2. The molecule has 0 aliphatic carbocycles. The summed E-state index contributed by atoms with van der Waals surface area (Å²) in [7, 11) is 0. The van der Waals surface area contributed by atoms with E-state index in [1.807, 2.05) is 37.3 Å². The van der Waals surface area contributed by atoms with Gasteiger partial charge in [-0.2, -0.15) is 0 Å². The Morgan fingerprint density at radius 2 is 2.00 bits per heavy atom. The monoisotopic (exact) mass is 351 g/mol. The first-order valence-electron chi connectivity index (χ1n) is 7.58. The molecule has 1 saturated heterocycles. The van der Waals surface area contributed by atoms with Crippen molar-refractivity contribution in [1.82, 2.24) is 0 Å².